The van der Waals surface area contributed by atoms with E-state index in [0.29, 0.717) is 11.8 Å². The Balaban J connectivity index is 1.95. The van der Waals surface area contributed by atoms with E-state index >= 15 is 0 Å². The fraction of sp³-hybridized carbons (Fsp3) is 0.111. The maximum atomic E-state index is 13.3. The van der Waals surface area contributed by atoms with Gasteiger partial charge in [-0.1, -0.05) is 35.3 Å². The Kier molecular flexibility index (Phi) is 4.79. The SMILES string of the molecule is O=CC1OC(c2cc(C(F)(F)F)nn2-c2ncccc2Cl)=Nc2c(Cl)cccc21. The molecule has 1 aliphatic heterocycles. The number of ether oxygens (including phenoxy) is 1. The van der Waals surface area contributed by atoms with Crippen molar-refractivity contribution in [2.75, 3.05) is 0 Å². The number of alkyl halides is 3. The van der Waals surface area contributed by atoms with Crippen molar-refractivity contribution in [1.29, 1.82) is 0 Å². The molecule has 148 valence electrons. The summed E-state index contributed by atoms with van der Waals surface area (Å²) >= 11 is 12.3. The summed E-state index contributed by atoms with van der Waals surface area (Å²) in [4.78, 5) is 19.7. The van der Waals surface area contributed by atoms with Crippen molar-refractivity contribution in [2.24, 2.45) is 4.99 Å². The number of hydrogen-bond acceptors (Lipinski definition) is 5. The van der Waals surface area contributed by atoms with Crippen molar-refractivity contribution in [1.82, 2.24) is 14.8 Å². The van der Waals surface area contributed by atoms with Crippen molar-refractivity contribution >= 4 is 41.1 Å². The Hall–Kier alpha value is -2.91. The number of aliphatic imine (C=N–C) groups is 1. The van der Waals surface area contributed by atoms with Crippen LogP contribution >= 0.6 is 23.2 Å². The number of aldehydes is 1. The fourth-order valence-electron chi connectivity index (χ4n) is 2.78. The molecule has 3 heterocycles. The van der Waals surface area contributed by atoms with Gasteiger partial charge in [-0.05, 0) is 18.2 Å². The molecule has 0 saturated carbocycles. The summed E-state index contributed by atoms with van der Waals surface area (Å²) in [6.07, 6.45) is -3.99. The average molecular weight is 441 g/mol. The van der Waals surface area contributed by atoms with Crippen molar-refractivity contribution in [3.8, 4) is 5.82 Å². The molecule has 6 nitrogen and oxygen atoms in total. The summed E-state index contributed by atoms with van der Waals surface area (Å²) in [5, 5.41) is 3.86. The van der Waals surface area contributed by atoms with E-state index in [4.69, 9.17) is 27.9 Å². The van der Waals surface area contributed by atoms with E-state index in [1.165, 1.54) is 18.3 Å². The first-order valence-corrected chi connectivity index (χ1v) is 8.82. The molecule has 1 aliphatic rings. The number of aromatic nitrogens is 3. The van der Waals surface area contributed by atoms with Crippen molar-refractivity contribution in [3.05, 3.63) is 69.6 Å². The lowest BCUT2D eigenvalue weighted by atomic mass is 10.1. The van der Waals surface area contributed by atoms with Gasteiger partial charge in [-0.2, -0.15) is 18.3 Å². The third kappa shape index (κ3) is 3.47. The van der Waals surface area contributed by atoms with Crippen LogP contribution in [0.2, 0.25) is 10.0 Å². The van der Waals surface area contributed by atoms with Crippen LogP contribution in [0.5, 0.6) is 0 Å². The topological polar surface area (TPSA) is 69.4 Å². The molecule has 2 aromatic heterocycles. The number of fused-ring (bicyclic) bond motifs is 1. The highest BCUT2D eigenvalue weighted by molar-refractivity contribution is 6.33. The van der Waals surface area contributed by atoms with Gasteiger partial charge < -0.3 is 4.74 Å². The zero-order valence-electron chi connectivity index (χ0n) is 14.2. The van der Waals surface area contributed by atoms with Crippen molar-refractivity contribution in [3.63, 3.8) is 0 Å². The van der Waals surface area contributed by atoms with Crippen LogP contribution in [-0.2, 0) is 15.7 Å². The second-order valence-corrected chi connectivity index (χ2v) is 6.72. The van der Waals surface area contributed by atoms with Gasteiger partial charge >= 0.3 is 6.18 Å². The Morgan fingerprint density at radius 3 is 2.59 bits per heavy atom. The van der Waals surface area contributed by atoms with Gasteiger partial charge in [0.2, 0.25) is 5.90 Å². The Bertz CT molecular complexity index is 1140. The second kappa shape index (κ2) is 7.16. The maximum absolute atomic E-state index is 13.3. The third-order valence-electron chi connectivity index (χ3n) is 4.06. The zero-order valence-corrected chi connectivity index (χ0v) is 15.7. The van der Waals surface area contributed by atoms with Gasteiger partial charge in [0, 0.05) is 17.8 Å². The molecule has 0 fully saturated rings. The number of halogens is 5. The lowest BCUT2D eigenvalue weighted by Gasteiger charge is -2.23. The summed E-state index contributed by atoms with van der Waals surface area (Å²) < 4.78 is 46.4. The predicted molar refractivity (Wildman–Crippen MR) is 98.9 cm³/mol. The van der Waals surface area contributed by atoms with Gasteiger partial charge in [0.15, 0.2) is 23.9 Å². The van der Waals surface area contributed by atoms with E-state index in [-0.39, 0.29) is 33.1 Å². The molecule has 4 rings (SSSR count). The lowest BCUT2D eigenvalue weighted by Crippen LogP contribution is -2.21. The van der Waals surface area contributed by atoms with Crippen LogP contribution < -0.4 is 0 Å². The fourth-order valence-corrected chi connectivity index (χ4v) is 3.20. The minimum absolute atomic E-state index is 0.0569. The number of nitrogens with zero attached hydrogens (tertiary/aromatic N) is 4. The Morgan fingerprint density at radius 1 is 1.14 bits per heavy atom. The Labute approximate surface area is 171 Å². The molecule has 29 heavy (non-hydrogen) atoms. The molecule has 3 aromatic rings. The monoisotopic (exact) mass is 440 g/mol. The van der Waals surface area contributed by atoms with Crippen LogP contribution in [0.3, 0.4) is 0 Å². The number of benzene rings is 1. The molecule has 1 unspecified atom stereocenters. The molecule has 0 saturated heterocycles. The molecule has 1 aromatic carbocycles. The van der Waals surface area contributed by atoms with E-state index in [1.54, 1.807) is 18.2 Å². The van der Waals surface area contributed by atoms with E-state index in [0.717, 1.165) is 10.7 Å². The molecular weight excluding hydrogens is 432 g/mol. The number of pyridine rings is 1. The minimum atomic E-state index is -4.74. The molecule has 0 amide bonds. The molecule has 0 N–H and O–H groups in total. The van der Waals surface area contributed by atoms with E-state index in [9.17, 15) is 18.0 Å². The van der Waals surface area contributed by atoms with Gasteiger partial charge in [0.1, 0.15) is 5.69 Å². The molecule has 0 spiro atoms. The van der Waals surface area contributed by atoms with E-state index in [2.05, 4.69) is 15.1 Å². The highest BCUT2D eigenvalue weighted by Gasteiger charge is 2.37. The predicted octanol–water partition coefficient (Wildman–Crippen LogP) is 4.94. The van der Waals surface area contributed by atoms with E-state index < -0.39 is 18.0 Å². The van der Waals surface area contributed by atoms with Gasteiger partial charge in [0.05, 0.1) is 15.7 Å². The molecular formula is C18H9Cl2F3N4O2. The highest BCUT2D eigenvalue weighted by atomic mass is 35.5. The first-order valence-electron chi connectivity index (χ1n) is 8.07. The van der Waals surface area contributed by atoms with Crippen LogP contribution in [0.15, 0.2) is 47.6 Å². The first kappa shape index (κ1) is 19.4. The van der Waals surface area contributed by atoms with E-state index in [1.807, 2.05) is 0 Å². The Morgan fingerprint density at radius 2 is 1.90 bits per heavy atom. The van der Waals surface area contributed by atoms with Gasteiger partial charge in [0.25, 0.3) is 0 Å². The lowest BCUT2D eigenvalue weighted by molar-refractivity contribution is -0.141. The summed E-state index contributed by atoms with van der Waals surface area (Å²) in [5.41, 5.74) is -0.765. The molecule has 0 bridgehead atoms. The highest BCUT2D eigenvalue weighted by Crippen LogP contribution is 2.39. The van der Waals surface area contributed by atoms with Crippen LogP contribution in [0.1, 0.15) is 23.1 Å². The first-order chi connectivity index (χ1) is 13.8. The number of hydrogen-bond donors (Lipinski definition) is 0. The van der Waals surface area contributed by atoms with Crippen LogP contribution in [0, 0.1) is 0 Å². The smallest absolute Gasteiger partial charge is 0.435 e. The third-order valence-corrected chi connectivity index (χ3v) is 4.66. The molecule has 1 atom stereocenters. The summed E-state index contributed by atoms with van der Waals surface area (Å²) in [7, 11) is 0. The number of carbonyl (C=O) groups is 1. The van der Waals surface area contributed by atoms with Crippen LogP contribution in [0.25, 0.3) is 5.82 Å². The summed E-state index contributed by atoms with van der Waals surface area (Å²) in [6, 6.07) is 8.46. The number of carbonyl (C=O) groups excluding carboxylic acids is 1. The van der Waals surface area contributed by atoms with Crippen LogP contribution in [-0.4, -0.2) is 26.9 Å². The molecule has 0 radical (unpaired) electrons. The molecule has 11 heteroatoms. The average Bonchev–Trinajstić information content (AvgIpc) is 3.14. The standard InChI is InChI=1S/C18H9Cl2F3N4O2/c19-10-4-1-3-9-13(8-28)29-17(25-15(9)10)12-7-14(18(21,22)23)26-27(12)16-11(20)5-2-6-24-16/h1-8,13H. The van der Waals surface area contributed by atoms with Crippen molar-refractivity contribution < 1.29 is 22.7 Å². The molecule has 0 aliphatic carbocycles. The minimum Gasteiger partial charge on any atom is -0.460 e. The second-order valence-electron chi connectivity index (χ2n) is 5.90. The summed E-state index contributed by atoms with van der Waals surface area (Å²) in [6.45, 7) is 0. The normalized spacial score (nSPS) is 16.0. The quantitative estimate of drug-likeness (QED) is 0.540. The van der Waals surface area contributed by atoms with Gasteiger partial charge in [-0.3, -0.25) is 4.79 Å². The summed E-state index contributed by atoms with van der Waals surface area (Å²) in [5.74, 6) is -0.328. The van der Waals surface area contributed by atoms with Crippen LogP contribution in [0.4, 0.5) is 18.9 Å². The van der Waals surface area contributed by atoms with Crippen molar-refractivity contribution in [2.45, 2.75) is 12.3 Å². The zero-order chi connectivity index (χ0) is 20.8. The maximum Gasteiger partial charge on any atom is 0.435 e. The number of para-hydroxylation sites is 1. The van der Waals surface area contributed by atoms with Gasteiger partial charge in [-0.25, -0.2) is 14.7 Å². The van der Waals surface area contributed by atoms with Gasteiger partial charge in [-0.15, -0.1) is 0 Å². The number of rotatable bonds is 3. The largest absolute Gasteiger partial charge is 0.460 e.